The lowest BCUT2D eigenvalue weighted by molar-refractivity contribution is -0.389. The molecule has 8 heteroatoms. The van der Waals surface area contributed by atoms with Gasteiger partial charge in [0.2, 0.25) is 5.91 Å². The lowest BCUT2D eigenvalue weighted by Gasteiger charge is -2.35. The SMILES string of the molecule is CC[C@@H](C)NC(=O)CN1CCN(c2ccc([N+](=O)[O-])nc2)CC1. The van der Waals surface area contributed by atoms with Crippen molar-refractivity contribution in [3.05, 3.63) is 28.4 Å². The number of amides is 1. The van der Waals surface area contributed by atoms with Crippen molar-refractivity contribution in [3.63, 3.8) is 0 Å². The molecule has 23 heavy (non-hydrogen) atoms. The zero-order valence-electron chi connectivity index (χ0n) is 13.6. The van der Waals surface area contributed by atoms with Crippen molar-refractivity contribution >= 4 is 17.4 Å². The van der Waals surface area contributed by atoms with Crippen LogP contribution in [0, 0.1) is 10.1 Å². The van der Waals surface area contributed by atoms with E-state index < -0.39 is 4.92 Å². The quantitative estimate of drug-likeness (QED) is 0.621. The second kappa shape index (κ2) is 7.87. The third-order valence-corrected chi connectivity index (χ3v) is 4.04. The fraction of sp³-hybridized carbons (Fsp3) is 0.600. The Hall–Kier alpha value is -2.22. The first kappa shape index (κ1) is 17.1. The molecule has 126 valence electrons. The van der Waals surface area contributed by atoms with E-state index in [4.69, 9.17) is 0 Å². The van der Waals surface area contributed by atoms with E-state index in [9.17, 15) is 14.9 Å². The minimum atomic E-state index is -0.502. The molecule has 0 bridgehead atoms. The van der Waals surface area contributed by atoms with Gasteiger partial charge in [-0.1, -0.05) is 6.92 Å². The van der Waals surface area contributed by atoms with E-state index in [-0.39, 0.29) is 17.8 Å². The monoisotopic (exact) mass is 321 g/mol. The predicted octanol–water partition coefficient (Wildman–Crippen LogP) is 1.03. The highest BCUT2D eigenvalue weighted by molar-refractivity contribution is 5.78. The van der Waals surface area contributed by atoms with Crippen LogP contribution in [0.4, 0.5) is 11.5 Å². The number of carbonyl (C=O) groups is 1. The van der Waals surface area contributed by atoms with Gasteiger partial charge in [0.25, 0.3) is 0 Å². The van der Waals surface area contributed by atoms with E-state index in [1.54, 1.807) is 6.07 Å². The number of piperazine rings is 1. The van der Waals surface area contributed by atoms with E-state index in [1.807, 2.05) is 13.8 Å². The first-order chi connectivity index (χ1) is 11.0. The van der Waals surface area contributed by atoms with Crippen LogP contribution in [0.1, 0.15) is 20.3 Å². The third kappa shape index (κ3) is 4.88. The van der Waals surface area contributed by atoms with Crippen molar-refractivity contribution in [1.82, 2.24) is 15.2 Å². The highest BCUT2D eigenvalue weighted by atomic mass is 16.6. The van der Waals surface area contributed by atoms with Crippen molar-refractivity contribution in [2.45, 2.75) is 26.3 Å². The summed E-state index contributed by atoms with van der Waals surface area (Å²) in [4.78, 5) is 30.1. The summed E-state index contributed by atoms with van der Waals surface area (Å²) in [5, 5.41) is 13.6. The molecule has 0 unspecified atom stereocenters. The molecule has 1 aromatic rings. The molecule has 1 atom stereocenters. The van der Waals surface area contributed by atoms with Crippen LogP contribution in [0.2, 0.25) is 0 Å². The maximum Gasteiger partial charge on any atom is 0.363 e. The summed E-state index contributed by atoms with van der Waals surface area (Å²) >= 11 is 0. The number of anilines is 1. The summed E-state index contributed by atoms with van der Waals surface area (Å²) < 4.78 is 0. The van der Waals surface area contributed by atoms with Gasteiger partial charge in [-0.05, 0) is 29.3 Å². The Kier molecular flexibility index (Phi) is 5.86. The van der Waals surface area contributed by atoms with Gasteiger partial charge in [0.05, 0.1) is 12.2 Å². The van der Waals surface area contributed by atoms with E-state index >= 15 is 0 Å². The summed E-state index contributed by atoms with van der Waals surface area (Å²) in [6, 6.07) is 3.34. The smallest absolute Gasteiger partial charge is 0.363 e. The minimum absolute atomic E-state index is 0.0600. The third-order valence-electron chi connectivity index (χ3n) is 4.04. The average molecular weight is 321 g/mol. The lowest BCUT2D eigenvalue weighted by Crippen LogP contribution is -2.50. The van der Waals surface area contributed by atoms with E-state index in [0.29, 0.717) is 6.54 Å². The van der Waals surface area contributed by atoms with Gasteiger partial charge in [-0.15, -0.1) is 0 Å². The Morgan fingerprint density at radius 2 is 2.09 bits per heavy atom. The first-order valence-electron chi connectivity index (χ1n) is 7.86. The van der Waals surface area contributed by atoms with Crippen LogP contribution in [-0.2, 0) is 4.79 Å². The van der Waals surface area contributed by atoms with E-state index in [2.05, 4.69) is 20.1 Å². The van der Waals surface area contributed by atoms with Crippen molar-refractivity contribution < 1.29 is 9.72 Å². The van der Waals surface area contributed by atoms with E-state index in [1.165, 1.54) is 12.3 Å². The number of rotatable bonds is 6. The Morgan fingerprint density at radius 1 is 1.39 bits per heavy atom. The summed E-state index contributed by atoms with van der Waals surface area (Å²) in [5.74, 6) is -0.0843. The van der Waals surface area contributed by atoms with Gasteiger partial charge in [-0.3, -0.25) is 9.69 Å². The zero-order chi connectivity index (χ0) is 16.8. The normalized spacial score (nSPS) is 16.9. The first-order valence-corrected chi connectivity index (χ1v) is 7.86. The molecule has 0 radical (unpaired) electrons. The Balaban J connectivity index is 1.81. The van der Waals surface area contributed by atoms with Crippen LogP contribution in [0.25, 0.3) is 0 Å². The van der Waals surface area contributed by atoms with Gasteiger partial charge in [0, 0.05) is 38.3 Å². The van der Waals surface area contributed by atoms with Crippen molar-refractivity contribution in [2.24, 2.45) is 0 Å². The van der Waals surface area contributed by atoms with Crippen LogP contribution < -0.4 is 10.2 Å². The number of hydrogen-bond acceptors (Lipinski definition) is 6. The number of nitrogens with one attached hydrogen (secondary N) is 1. The number of aromatic nitrogens is 1. The molecule has 1 N–H and O–H groups in total. The van der Waals surface area contributed by atoms with Crippen molar-refractivity contribution in [1.29, 1.82) is 0 Å². The predicted molar refractivity (Wildman–Crippen MR) is 87.4 cm³/mol. The van der Waals surface area contributed by atoms with Crippen LogP contribution in [0.5, 0.6) is 0 Å². The van der Waals surface area contributed by atoms with Crippen LogP contribution in [0.3, 0.4) is 0 Å². The second-order valence-corrected chi connectivity index (χ2v) is 5.77. The zero-order valence-corrected chi connectivity index (χ0v) is 13.6. The summed E-state index contributed by atoms with van der Waals surface area (Å²) in [6.45, 7) is 7.57. The fourth-order valence-electron chi connectivity index (χ4n) is 2.46. The summed E-state index contributed by atoms with van der Waals surface area (Å²) in [7, 11) is 0. The molecule has 1 aromatic heterocycles. The molecule has 0 aliphatic carbocycles. The maximum atomic E-state index is 11.9. The second-order valence-electron chi connectivity index (χ2n) is 5.77. The molecule has 1 amide bonds. The van der Waals surface area contributed by atoms with E-state index in [0.717, 1.165) is 38.3 Å². The molecular formula is C15H23N5O3. The molecular weight excluding hydrogens is 298 g/mol. The summed E-state index contributed by atoms with van der Waals surface area (Å²) in [6.07, 6.45) is 2.45. The van der Waals surface area contributed by atoms with Gasteiger partial charge in [-0.2, -0.15) is 0 Å². The number of nitrogens with zero attached hydrogens (tertiary/aromatic N) is 4. The lowest BCUT2D eigenvalue weighted by atomic mass is 10.2. The van der Waals surface area contributed by atoms with Crippen molar-refractivity contribution in [3.8, 4) is 0 Å². The van der Waals surface area contributed by atoms with Gasteiger partial charge < -0.3 is 20.3 Å². The molecule has 1 fully saturated rings. The highest BCUT2D eigenvalue weighted by Gasteiger charge is 2.21. The summed E-state index contributed by atoms with van der Waals surface area (Å²) in [5.41, 5.74) is 0.874. The molecule has 2 heterocycles. The van der Waals surface area contributed by atoms with Gasteiger partial charge in [-0.25, -0.2) is 0 Å². The Labute approximate surface area is 135 Å². The van der Waals surface area contributed by atoms with Gasteiger partial charge in [0.1, 0.15) is 0 Å². The molecule has 1 aliphatic heterocycles. The molecule has 0 saturated carbocycles. The molecule has 1 saturated heterocycles. The molecule has 0 spiro atoms. The number of nitro groups is 1. The van der Waals surface area contributed by atoms with Gasteiger partial charge in [0.15, 0.2) is 6.20 Å². The fourth-order valence-corrected chi connectivity index (χ4v) is 2.46. The largest absolute Gasteiger partial charge is 0.366 e. The van der Waals surface area contributed by atoms with Crippen LogP contribution >= 0.6 is 0 Å². The number of carbonyl (C=O) groups excluding carboxylic acids is 1. The number of pyridine rings is 1. The highest BCUT2D eigenvalue weighted by Crippen LogP contribution is 2.17. The average Bonchev–Trinajstić information content (AvgIpc) is 2.55. The molecule has 1 aliphatic rings. The molecule has 8 nitrogen and oxygen atoms in total. The number of hydrogen-bond donors (Lipinski definition) is 1. The topological polar surface area (TPSA) is 91.6 Å². The molecule has 0 aromatic carbocycles. The van der Waals surface area contributed by atoms with Crippen LogP contribution in [-0.4, -0.2) is 59.5 Å². The minimum Gasteiger partial charge on any atom is -0.366 e. The maximum absolute atomic E-state index is 11.9. The van der Waals surface area contributed by atoms with Gasteiger partial charge >= 0.3 is 5.82 Å². The Bertz CT molecular complexity index is 541. The standard InChI is InChI=1S/C15H23N5O3/c1-3-12(2)17-15(21)11-18-6-8-19(9-7-18)13-4-5-14(16-10-13)20(22)23/h4-5,10,12H,3,6-9,11H2,1-2H3,(H,17,21)/t12-/m1/s1. The molecule has 2 rings (SSSR count). The van der Waals surface area contributed by atoms with Crippen molar-refractivity contribution in [2.75, 3.05) is 37.6 Å². The van der Waals surface area contributed by atoms with Crippen LogP contribution in [0.15, 0.2) is 18.3 Å². The Morgan fingerprint density at radius 3 is 2.61 bits per heavy atom.